The Morgan fingerprint density at radius 1 is 1.17 bits per heavy atom. The summed E-state index contributed by atoms with van der Waals surface area (Å²) >= 11 is 9.30. The molecule has 1 saturated carbocycles. The topological polar surface area (TPSA) is 98.5 Å². The molecule has 0 saturated heterocycles. The number of benzene rings is 2. The van der Waals surface area contributed by atoms with E-state index in [1.54, 1.807) is 20.8 Å². The molecule has 2 aromatic carbocycles. The van der Waals surface area contributed by atoms with Gasteiger partial charge in [0, 0.05) is 22.0 Å². The molecule has 1 fully saturated rings. The van der Waals surface area contributed by atoms with E-state index in [4.69, 9.17) is 22.1 Å². The van der Waals surface area contributed by atoms with Gasteiger partial charge in [-0.3, -0.25) is 0 Å². The fourth-order valence-corrected chi connectivity index (χ4v) is 6.44. The Hall–Kier alpha value is -1.61. The second-order valence-corrected chi connectivity index (χ2v) is 11.7. The van der Waals surface area contributed by atoms with E-state index in [9.17, 15) is 13.2 Å². The van der Waals surface area contributed by atoms with E-state index in [2.05, 4.69) is 21.2 Å². The molecule has 0 bridgehead atoms. The van der Waals surface area contributed by atoms with E-state index >= 15 is 0 Å². The Balaban J connectivity index is 2.03. The summed E-state index contributed by atoms with van der Waals surface area (Å²) in [5.41, 5.74) is 4.91. The molecule has 6 nitrogen and oxygen atoms in total. The molecule has 30 heavy (non-hydrogen) atoms. The molecule has 0 unspecified atom stereocenters. The van der Waals surface area contributed by atoms with E-state index in [1.165, 1.54) is 24.3 Å². The maximum absolute atomic E-state index is 13.5. The van der Waals surface area contributed by atoms with E-state index < -0.39 is 38.2 Å². The Labute approximate surface area is 190 Å². The van der Waals surface area contributed by atoms with Crippen LogP contribution in [-0.2, 0) is 14.6 Å². The van der Waals surface area contributed by atoms with Crippen LogP contribution in [0.1, 0.15) is 32.3 Å². The van der Waals surface area contributed by atoms with Crippen molar-refractivity contribution in [2.75, 3.05) is 6.54 Å². The quantitative estimate of drug-likeness (QED) is 0.620. The van der Waals surface area contributed by atoms with E-state index in [0.29, 0.717) is 5.02 Å². The van der Waals surface area contributed by atoms with Gasteiger partial charge in [0.05, 0.1) is 10.4 Å². The van der Waals surface area contributed by atoms with Crippen molar-refractivity contribution >= 4 is 43.5 Å². The number of nitrogens with one attached hydrogen (secondary N) is 1. The predicted molar refractivity (Wildman–Crippen MR) is 120 cm³/mol. The SMILES string of the molecule is CC(C)(C)OC(=O)N[C@@]1(CN)[C@@H](c2ccc(Br)cc2)[C@@H]1S(=O)(=O)c1ccc(Cl)cc1. The molecule has 1 aliphatic carbocycles. The Morgan fingerprint density at radius 3 is 2.23 bits per heavy atom. The van der Waals surface area contributed by atoms with Crippen LogP contribution in [0.25, 0.3) is 0 Å². The molecule has 0 heterocycles. The minimum absolute atomic E-state index is 0.0650. The van der Waals surface area contributed by atoms with Crippen molar-refractivity contribution < 1.29 is 17.9 Å². The molecule has 0 spiro atoms. The molecule has 1 aliphatic rings. The van der Waals surface area contributed by atoms with Crippen molar-refractivity contribution in [3.05, 3.63) is 63.6 Å². The number of hydrogen-bond acceptors (Lipinski definition) is 5. The van der Waals surface area contributed by atoms with E-state index in [0.717, 1.165) is 10.0 Å². The first-order chi connectivity index (χ1) is 13.9. The van der Waals surface area contributed by atoms with Crippen LogP contribution >= 0.6 is 27.5 Å². The summed E-state index contributed by atoms with van der Waals surface area (Å²) in [5, 5.41) is 2.27. The van der Waals surface area contributed by atoms with Gasteiger partial charge in [-0.25, -0.2) is 13.2 Å². The maximum atomic E-state index is 13.5. The van der Waals surface area contributed by atoms with Crippen LogP contribution in [-0.4, -0.2) is 37.4 Å². The minimum atomic E-state index is -3.82. The Morgan fingerprint density at radius 2 is 1.73 bits per heavy atom. The summed E-state index contributed by atoms with van der Waals surface area (Å²) in [6.45, 7) is 5.15. The molecule has 162 valence electrons. The highest BCUT2D eigenvalue weighted by Gasteiger charge is 2.71. The van der Waals surface area contributed by atoms with E-state index in [-0.39, 0.29) is 11.4 Å². The highest BCUT2D eigenvalue weighted by Crippen LogP contribution is 2.57. The summed E-state index contributed by atoms with van der Waals surface area (Å²) in [6.07, 6.45) is -0.705. The monoisotopic (exact) mass is 514 g/mol. The largest absolute Gasteiger partial charge is 0.444 e. The molecular weight excluding hydrogens is 492 g/mol. The zero-order valence-corrected chi connectivity index (χ0v) is 20.0. The number of amides is 1. The average Bonchev–Trinajstić information content (AvgIpc) is 3.30. The number of ether oxygens (including phenoxy) is 1. The van der Waals surface area contributed by atoms with Crippen molar-refractivity contribution in [3.8, 4) is 0 Å². The molecule has 3 N–H and O–H groups in total. The van der Waals surface area contributed by atoms with Crippen molar-refractivity contribution in [2.45, 2.75) is 48.0 Å². The summed E-state index contributed by atoms with van der Waals surface area (Å²) in [5.74, 6) is -0.524. The number of rotatable bonds is 5. The Kier molecular flexibility index (Phi) is 6.26. The first-order valence-corrected chi connectivity index (χ1v) is 12.1. The van der Waals surface area contributed by atoms with Crippen LogP contribution in [0.5, 0.6) is 0 Å². The van der Waals surface area contributed by atoms with Gasteiger partial charge >= 0.3 is 6.09 Å². The normalized spacial score (nSPS) is 23.7. The van der Waals surface area contributed by atoms with Gasteiger partial charge in [0.15, 0.2) is 9.84 Å². The van der Waals surface area contributed by atoms with Gasteiger partial charge in [-0.15, -0.1) is 0 Å². The maximum Gasteiger partial charge on any atom is 0.408 e. The molecule has 0 aliphatic heterocycles. The number of halogens is 2. The lowest BCUT2D eigenvalue weighted by molar-refractivity contribution is 0.0497. The van der Waals surface area contributed by atoms with Crippen LogP contribution in [0.2, 0.25) is 5.02 Å². The fraction of sp³-hybridized carbons (Fsp3) is 0.381. The number of hydrogen-bond donors (Lipinski definition) is 2. The van der Waals surface area contributed by atoms with E-state index in [1.807, 2.05) is 24.3 Å². The zero-order chi connectivity index (χ0) is 22.3. The number of carbonyl (C=O) groups is 1. The summed E-state index contributed by atoms with van der Waals surface area (Å²) in [6, 6.07) is 13.3. The third-order valence-electron chi connectivity index (χ3n) is 5.03. The van der Waals surface area contributed by atoms with Gasteiger partial charge in [0.25, 0.3) is 0 Å². The van der Waals surface area contributed by atoms with Gasteiger partial charge in [0.1, 0.15) is 10.9 Å². The fourth-order valence-electron chi connectivity index (χ4n) is 3.71. The second-order valence-electron chi connectivity index (χ2n) is 8.32. The Bertz CT molecular complexity index is 1040. The first kappa shape index (κ1) is 23.1. The molecule has 3 rings (SSSR count). The lowest BCUT2D eigenvalue weighted by atomic mass is 10.1. The number of carbonyl (C=O) groups excluding carboxylic acids is 1. The summed E-state index contributed by atoms with van der Waals surface area (Å²) < 4.78 is 33.2. The van der Waals surface area contributed by atoms with Crippen molar-refractivity contribution in [2.24, 2.45) is 5.73 Å². The third-order valence-corrected chi connectivity index (χ3v) is 8.10. The van der Waals surface area contributed by atoms with Crippen LogP contribution in [0, 0.1) is 0 Å². The van der Waals surface area contributed by atoms with Gasteiger partial charge in [-0.1, -0.05) is 39.7 Å². The average molecular weight is 516 g/mol. The van der Waals surface area contributed by atoms with Gasteiger partial charge in [0.2, 0.25) is 0 Å². The van der Waals surface area contributed by atoms with Crippen LogP contribution in [0.4, 0.5) is 4.79 Å². The predicted octanol–water partition coefficient (Wildman–Crippen LogP) is 4.26. The smallest absolute Gasteiger partial charge is 0.408 e. The van der Waals surface area contributed by atoms with Gasteiger partial charge in [-0.2, -0.15) is 0 Å². The lowest BCUT2D eigenvalue weighted by Gasteiger charge is -2.24. The molecule has 0 radical (unpaired) electrons. The first-order valence-electron chi connectivity index (χ1n) is 9.37. The van der Waals surface area contributed by atoms with Crippen molar-refractivity contribution in [1.29, 1.82) is 0 Å². The number of nitrogens with two attached hydrogens (primary N) is 1. The third kappa shape index (κ3) is 4.51. The highest BCUT2D eigenvalue weighted by molar-refractivity contribution is 9.10. The molecule has 3 atom stereocenters. The van der Waals surface area contributed by atoms with Gasteiger partial charge in [-0.05, 0) is 62.7 Å². The minimum Gasteiger partial charge on any atom is -0.444 e. The lowest BCUT2D eigenvalue weighted by Crippen LogP contribution is -2.49. The highest BCUT2D eigenvalue weighted by atomic mass is 79.9. The molecule has 9 heteroatoms. The zero-order valence-electron chi connectivity index (χ0n) is 16.9. The van der Waals surface area contributed by atoms with Crippen LogP contribution < -0.4 is 11.1 Å². The summed E-state index contributed by atoms with van der Waals surface area (Å²) in [4.78, 5) is 12.7. The standard InChI is InChI=1S/C21H24BrClN2O4S/c1-20(2,3)29-19(26)25-21(12-24)17(13-4-6-14(22)7-5-13)18(21)30(27,28)16-10-8-15(23)9-11-16/h4-11,17-18H,12,24H2,1-3H3,(H,25,26)/t17-,18-,21-/m0/s1. The van der Waals surface area contributed by atoms with Crippen molar-refractivity contribution in [3.63, 3.8) is 0 Å². The van der Waals surface area contributed by atoms with Gasteiger partial charge < -0.3 is 15.8 Å². The summed E-state index contributed by atoms with van der Waals surface area (Å²) in [7, 11) is -3.82. The molecular formula is C21H24BrClN2O4S. The van der Waals surface area contributed by atoms with Crippen LogP contribution in [0.15, 0.2) is 57.9 Å². The van der Waals surface area contributed by atoms with Crippen LogP contribution in [0.3, 0.4) is 0 Å². The van der Waals surface area contributed by atoms with Crippen molar-refractivity contribution in [1.82, 2.24) is 5.32 Å². The molecule has 1 amide bonds. The number of alkyl carbamates (subject to hydrolysis) is 1. The number of sulfone groups is 1. The molecule has 0 aromatic heterocycles. The second kappa shape index (κ2) is 8.15. The molecule has 2 aromatic rings.